The molecule has 146 valence electrons. The average Bonchev–Trinajstić information content (AvgIpc) is 2.68. The lowest BCUT2D eigenvalue weighted by atomic mass is 10.1. The molecule has 0 radical (unpaired) electrons. The van der Waals surface area contributed by atoms with Crippen LogP contribution in [0.15, 0.2) is 47.5 Å². The van der Waals surface area contributed by atoms with E-state index in [1.807, 2.05) is 6.07 Å². The molecule has 0 amide bonds. The number of halogens is 2. The zero-order chi connectivity index (χ0) is 18.9. The minimum Gasteiger partial charge on any atom is -0.496 e. The molecule has 6 nitrogen and oxygen atoms in total. The fourth-order valence-electron chi connectivity index (χ4n) is 2.33. The highest BCUT2D eigenvalue weighted by molar-refractivity contribution is 14.0. The molecule has 2 aromatic carbocycles. The summed E-state index contributed by atoms with van der Waals surface area (Å²) in [5, 5.41) is 6.31. The van der Waals surface area contributed by atoms with Gasteiger partial charge in [0.05, 0.1) is 14.2 Å². The Kier molecular flexibility index (Phi) is 9.55. The number of benzene rings is 2. The van der Waals surface area contributed by atoms with Crippen LogP contribution >= 0.6 is 24.0 Å². The van der Waals surface area contributed by atoms with Gasteiger partial charge >= 0.3 is 5.97 Å². The Labute approximate surface area is 175 Å². The van der Waals surface area contributed by atoms with E-state index in [1.54, 1.807) is 31.3 Å². The van der Waals surface area contributed by atoms with Crippen LogP contribution in [-0.4, -0.2) is 33.2 Å². The Hall–Kier alpha value is -2.36. The van der Waals surface area contributed by atoms with Gasteiger partial charge < -0.3 is 20.1 Å². The van der Waals surface area contributed by atoms with Gasteiger partial charge in [0, 0.05) is 20.1 Å². The quantitative estimate of drug-likeness (QED) is 0.284. The maximum atomic E-state index is 12.9. The molecule has 0 atom stereocenters. The second-order valence-corrected chi connectivity index (χ2v) is 5.43. The Balaban J connectivity index is 0.00000364. The summed E-state index contributed by atoms with van der Waals surface area (Å²) in [7, 11) is 4.49. The van der Waals surface area contributed by atoms with Gasteiger partial charge in [-0.3, -0.25) is 4.99 Å². The standard InChI is InChI=1S/C19H22FN3O3.HI/c1-21-19(22-11-13-4-7-15(20)8-5-13)23-12-14-6-9-17(25-2)16(10-14)18(24)26-3;/h4-10H,11-12H2,1-3H3,(H2,21,22,23);1H. The molecule has 2 N–H and O–H groups in total. The van der Waals surface area contributed by atoms with E-state index in [1.165, 1.54) is 26.4 Å². The van der Waals surface area contributed by atoms with Crippen LogP contribution in [0.4, 0.5) is 4.39 Å². The molecule has 0 fully saturated rings. The number of nitrogens with zero attached hydrogens (tertiary/aromatic N) is 1. The topological polar surface area (TPSA) is 72.0 Å². The summed E-state index contributed by atoms with van der Waals surface area (Å²) in [5.74, 6) is 0.323. The van der Waals surface area contributed by atoms with Gasteiger partial charge in [-0.05, 0) is 35.4 Å². The van der Waals surface area contributed by atoms with E-state index in [9.17, 15) is 9.18 Å². The number of methoxy groups -OCH3 is 2. The minimum absolute atomic E-state index is 0. The molecule has 0 spiro atoms. The van der Waals surface area contributed by atoms with Gasteiger partial charge in [0.25, 0.3) is 0 Å². The third-order valence-electron chi connectivity index (χ3n) is 3.73. The molecule has 0 unspecified atom stereocenters. The van der Waals surface area contributed by atoms with Crippen LogP contribution in [-0.2, 0) is 17.8 Å². The van der Waals surface area contributed by atoms with Crippen molar-refractivity contribution in [3.05, 3.63) is 65.0 Å². The molecule has 0 saturated heterocycles. The van der Waals surface area contributed by atoms with Crippen LogP contribution in [0.1, 0.15) is 21.5 Å². The van der Waals surface area contributed by atoms with Gasteiger partial charge in [0.2, 0.25) is 0 Å². The Morgan fingerprint density at radius 1 is 1.04 bits per heavy atom. The molecule has 0 aromatic heterocycles. The molecule has 0 bridgehead atoms. The highest BCUT2D eigenvalue weighted by Crippen LogP contribution is 2.20. The predicted octanol–water partition coefficient (Wildman–Crippen LogP) is 3.10. The van der Waals surface area contributed by atoms with Crippen molar-refractivity contribution < 1.29 is 18.7 Å². The molecular weight excluding hydrogens is 464 g/mol. The second kappa shape index (κ2) is 11.4. The van der Waals surface area contributed by atoms with Crippen LogP contribution in [0.2, 0.25) is 0 Å². The van der Waals surface area contributed by atoms with Crippen molar-refractivity contribution in [1.29, 1.82) is 0 Å². The highest BCUT2D eigenvalue weighted by atomic mass is 127. The fraction of sp³-hybridized carbons (Fsp3) is 0.263. The first-order valence-electron chi connectivity index (χ1n) is 8.01. The van der Waals surface area contributed by atoms with Gasteiger partial charge in [0.1, 0.15) is 17.1 Å². The second-order valence-electron chi connectivity index (χ2n) is 5.43. The zero-order valence-electron chi connectivity index (χ0n) is 15.4. The molecule has 0 aliphatic heterocycles. The predicted molar refractivity (Wildman–Crippen MR) is 113 cm³/mol. The number of hydrogen-bond donors (Lipinski definition) is 2. The Morgan fingerprint density at radius 3 is 2.19 bits per heavy atom. The van der Waals surface area contributed by atoms with E-state index in [2.05, 4.69) is 15.6 Å². The van der Waals surface area contributed by atoms with E-state index in [4.69, 9.17) is 9.47 Å². The van der Waals surface area contributed by atoms with Crippen molar-refractivity contribution in [1.82, 2.24) is 10.6 Å². The van der Waals surface area contributed by atoms with E-state index >= 15 is 0 Å². The number of aliphatic imine (C=N–C) groups is 1. The van der Waals surface area contributed by atoms with Crippen LogP contribution < -0.4 is 15.4 Å². The van der Waals surface area contributed by atoms with Crippen molar-refractivity contribution in [2.75, 3.05) is 21.3 Å². The summed E-state index contributed by atoms with van der Waals surface area (Å²) >= 11 is 0. The molecule has 0 aliphatic rings. The zero-order valence-corrected chi connectivity index (χ0v) is 17.7. The van der Waals surface area contributed by atoms with Crippen LogP contribution in [0.5, 0.6) is 5.75 Å². The monoisotopic (exact) mass is 487 g/mol. The van der Waals surface area contributed by atoms with Gasteiger partial charge in [-0.2, -0.15) is 0 Å². The first-order chi connectivity index (χ1) is 12.6. The number of rotatable bonds is 6. The van der Waals surface area contributed by atoms with Crippen molar-refractivity contribution in [2.45, 2.75) is 13.1 Å². The van der Waals surface area contributed by atoms with Crippen molar-refractivity contribution in [3.8, 4) is 5.75 Å². The molecule has 2 aromatic rings. The first-order valence-corrected chi connectivity index (χ1v) is 8.01. The van der Waals surface area contributed by atoms with Gasteiger partial charge in [0.15, 0.2) is 5.96 Å². The van der Waals surface area contributed by atoms with E-state index in [-0.39, 0.29) is 29.8 Å². The summed E-state index contributed by atoms with van der Waals surface area (Å²) in [6.45, 7) is 0.965. The summed E-state index contributed by atoms with van der Waals surface area (Å²) < 4.78 is 22.9. The van der Waals surface area contributed by atoms with Crippen LogP contribution in [0.25, 0.3) is 0 Å². The lowest BCUT2D eigenvalue weighted by molar-refractivity contribution is 0.0597. The summed E-state index contributed by atoms with van der Waals surface area (Å²) in [4.78, 5) is 16.0. The molecule has 2 rings (SSSR count). The van der Waals surface area contributed by atoms with Gasteiger partial charge in [-0.25, -0.2) is 9.18 Å². The van der Waals surface area contributed by atoms with E-state index in [0.29, 0.717) is 30.4 Å². The van der Waals surface area contributed by atoms with Crippen LogP contribution in [0.3, 0.4) is 0 Å². The Morgan fingerprint density at radius 2 is 1.63 bits per heavy atom. The summed E-state index contributed by atoms with van der Waals surface area (Å²) in [6, 6.07) is 11.5. The molecule has 0 aliphatic carbocycles. The lowest BCUT2D eigenvalue weighted by Gasteiger charge is -2.13. The van der Waals surface area contributed by atoms with Crippen molar-refractivity contribution in [3.63, 3.8) is 0 Å². The van der Waals surface area contributed by atoms with Gasteiger partial charge in [-0.15, -0.1) is 24.0 Å². The number of nitrogens with one attached hydrogen (secondary N) is 2. The van der Waals surface area contributed by atoms with Crippen LogP contribution in [0, 0.1) is 5.82 Å². The third-order valence-corrected chi connectivity index (χ3v) is 3.73. The van der Waals surface area contributed by atoms with Crippen molar-refractivity contribution >= 4 is 35.9 Å². The smallest absolute Gasteiger partial charge is 0.341 e. The molecule has 8 heteroatoms. The van der Waals surface area contributed by atoms with Crippen molar-refractivity contribution in [2.24, 2.45) is 4.99 Å². The largest absolute Gasteiger partial charge is 0.496 e. The minimum atomic E-state index is -0.456. The molecule has 0 heterocycles. The van der Waals surface area contributed by atoms with Gasteiger partial charge in [-0.1, -0.05) is 18.2 Å². The third kappa shape index (κ3) is 6.70. The highest BCUT2D eigenvalue weighted by Gasteiger charge is 2.13. The first kappa shape index (κ1) is 22.7. The Bertz CT molecular complexity index is 782. The molecule has 0 saturated carbocycles. The average molecular weight is 487 g/mol. The molecular formula is C19H23FIN3O3. The lowest BCUT2D eigenvalue weighted by Crippen LogP contribution is -2.36. The SMILES string of the molecule is CN=C(NCc1ccc(F)cc1)NCc1ccc(OC)c(C(=O)OC)c1.I. The number of carbonyl (C=O) groups excluding carboxylic acids is 1. The number of hydrogen-bond acceptors (Lipinski definition) is 4. The number of ether oxygens (including phenoxy) is 2. The fourth-order valence-corrected chi connectivity index (χ4v) is 2.33. The number of guanidine groups is 1. The maximum Gasteiger partial charge on any atom is 0.341 e. The molecule has 27 heavy (non-hydrogen) atoms. The van der Waals surface area contributed by atoms with E-state index < -0.39 is 5.97 Å². The summed E-state index contributed by atoms with van der Waals surface area (Å²) in [6.07, 6.45) is 0. The number of esters is 1. The maximum absolute atomic E-state index is 12.9. The van der Waals surface area contributed by atoms with E-state index in [0.717, 1.165) is 11.1 Å². The number of carbonyl (C=O) groups is 1. The normalized spacial score (nSPS) is 10.6. The summed E-state index contributed by atoms with van der Waals surface area (Å²) in [5.41, 5.74) is 2.17.